The molecule has 3 aliphatic heterocycles. The van der Waals surface area contributed by atoms with Crippen molar-refractivity contribution in [2.75, 3.05) is 18.1 Å². The number of aliphatic hydroxyl groups is 2. The van der Waals surface area contributed by atoms with Gasteiger partial charge in [0, 0.05) is 6.42 Å². The van der Waals surface area contributed by atoms with E-state index >= 15 is 0 Å². The van der Waals surface area contributed by atoms with Gasteiger partial charge in [-0.3, -0.25) is 9.69 Å². The first kappa shape index (κ1) is 17.2. The van der Waals surface area contributed by atoms with Crippen LogP contribution in [-0.4, -0.2) is 80.4 Å². The molecule has 3 rings (SSSR count). The van der Waals surface area contributed by atoms with Crippen LogP contribution in [0.4, 0.5) is 4.79 Å². The molecule has 0 bridgehead atoms. The number of hydrogen-bond acceptors (Lipinski definition) is 8. The van der Waals surface area contributed by atoms with E-state index in [4.69, 9.17) is 15.2 Å². The van der Waals surface area contributed by atoms with Crippen LogP contribution in [0.1, 0.15) is 12.8 Å². The predicted octanol–water partition coefficient (Wildman–Crippen LogP) is -0.675. The summed E-state index contributed by atoms with van der Waals surface area (Å²) < 4.78 is 10.8. The van der Waals surface area contributed by atoms with Crippen LogP contribution < -0.4 is 5.73 Å². The summed E-state index contributed by atoms with van der Waals surface area (Å²) >= 11 is 3.36. The monoisotopic (exact) mass is 364 g/mol. The van der Waals surface area contributed by atoms with Crippen LogP contribution in [0.3, 0.4) is 0 Å². The third kappa shape index (κ3) is 3.27. The Labute approximate surface area is 142 Å². The van der Waals surface area contributed by atoms with Crippen molar-refractivity contribution in [2.24, 2.45) is 5.73 Å². The molecule has 4 N–H and O–H groups in total. The van der Waals surface area contributed by atoms with Crippen LogP contribution in [-0.2, 0) is 14.3 Å². The number of hydrogen-bond donors (Lipinski definition) is 3. The molecule has 0 aromatic carbocycles. The highest BCUT2D eigenvalue weighted by atomic mass is 32.2. The summed E-state index contributed by atoms with van der Waals surface area (Å²) in [4.78, 5) is 25.1. The molecule has 3 fully saturated rings. The van der Waals surface area contributed by atoms with E-state index in [0.29, 0.717) is 0 Å². The van der Waals surface area contributed by atoms with Crippen molar-refractivity contribution in [1.82, 2.24) is 4.90 Å². The van der Waals surface area contributed by atoms with Crippen molar-refractivity contribution in [2.45, 2.75) is 48.0 Å². The largest absolute Gasteiger partial charge is 0.438 e. The van der Waals surface area contributed by atoms with Crippen LogP contribution in [0.5, 0.6) is 0 Å². The van der Waals surface area contributed by atoms with Gasteiger partial charge in [-0.1, -0.05) is 0 Å². The molecule has 10 heteroatoms. The average molecular weight is 364 g/mol. The van der Waals surface area contributed by atoms with Gasteiger partial charge in [-0.25, -0.2) is 4.79 Å². The highest BCUT2D eigenvalue weighted by molar-refractivity contribution is 8.17. The van der Waals surface area contributed by atoms with E-state index in [-0.39, 0.29) is 17.6 Å². The van der Waals surface area contributed by atoms with Gasteiger partial charge in [-0.15, -0.1) is 23.5 Å². The molecule has 2 amide bonds. The van der Waals surface area contributed by atoms with Gasteiger partial charge in [0.25, 0.3) is 0 Å². The minimum absolute atomic E-state index is 0.00327. The zero-order valence-corrected chi connectivity index (χ0v) is 14.0. The number of nitrogens with zero attached hydrogens (tertiary/aromatic N) is 1. The predicted molar refractivity (Wildman–Crippen MR) is 84.8 cm³/mol. The first-order valence-corrected chi connectivity index (χ1v) is 9.57. The SMILES string of the molecule is NC(=O)C[C@@H](C1SCCCS1)N1C(=O)O[C@H]2[C@H](O)[C@@H](CO)O[C@H]21. The lowest BCUT2D eigenvalue weighted by atomic mass is 10.1. The van der Waals surface area contributed by atoms with E-state index < -0.39 is 42.6 Å². The van der Waals surface area contributed by atoms with Crippen LogP contribution in [0.25, 0.3) is 0 Å². The average Bonchev–Trinajstić information content (AvgIpc) is 3.01. The maximum atomic E-state index is 12.3. The number of carbonyl (C=O) groups excluding carboxylic acids is 2. The van der Waals surface area contributed by atoms with Crippen LogP contribution in [0, 0.1) is 0 Å². The molecule has 0 aliphatic carbocycles. The molecule has 0 spiro atoms. The highest BCUT2D eigenvalue weighted by Gasteiger charge is 2.57. The summed E-state index contributed by atoms with van der Waals surface area (Å²) in [5, 5.41) is 19.3. The topological polar surface area (TPSA) is 122 Å². The summed E-state index contributed by atoms with van der Waals surface area (Å²) in [7, 11) is 0. The lowest BCUT2D eigenvalue weighted by Crippen LogP contribution is -2.50. The van der Waals surface area contributed by atoms with Gasteiger partial charge in [0.15, 0.2) is 12.3 Å². The number of aliphatic hydroxyl groups excluding tert-OH is 2. The Bertz CT molecular complexity index is 475. The Morgan fingerprint density at radius 1 is 1.43 bits per heavy atom. The molecule has 3 saturated heterocycles. The molecule has 0 radical (unpaired) electrons. The van der Waals surface area contributed by atoms with Crippen molar-refractivity contribution < 1.29 is 29.3 Å². The highest BCUT2D eigenvalue weighted by Crippen LogP contribution is 2.41. The first-order valence-electron chi connectivity index (χ1n) is 7.47. The number of ether oxygens (including phenoxy) is 2. The number of amides is 2. The summed E-state index contributed by atoms with van der Waals surface area (Å²) in [6.07, 6.45) is -3.08. The fourth-order valence-electron chi connectivity index (χ4n) is 3.09. The smallest absolute Gasteiger partial charge is 0.412 e. The van der Waals surface area contributed by atoms with Gasteiger partial charge in [0.05, 0.1) is 17.2 Å². The van der Waals surface area contributed by atoms with E-state index in [1.807, 2.05) is 0 Å². The molecule has 5 atom stereocenters. The fourth-order valence-corrected chi connectivity index (χ4v) is 6.22. The summed E-state index contributed by atoms with van der Waals surface area (Å²) in [5.74, 6) is 1.40. The molecule has 23 heavy (non-hydrogen) atoms. The van der Waals surface area contributed by atoms with Crippen LogP contribution in [0.2, 0.25) is 0 Å². The van der Waals surface area contributed by atoms with Gasteiger partial charge in [-0.05, 0) is 17.9 Å². The Balaban J connectivity index is 1.82. The molecular formula is C13H20N2O6S2. The number of primary amides is 1. The van der Waals surface area contributed by atoms with Crippen molar-refractivity contribution in [3.8, 4) is 0 Å². The molecule has 8 nitrogen and oxygen atoms in total. The second-order valence-electron chi connectivity index (χ2n) is 5.70. The normalized spacial score (nSPS) is 35.9. The van der Waals surface area contributed by atoms with E-state index in [0.717, 1.165) is 17.9 Å². The Morgan fingerprint density at radius 3 is 2.74 bits per heavy atom. The fraction of sp³-hybridized carbons (Fsp3) is 0.846. The van der Waals surface area contributed by atoms with Crippen molar-refractivity contribution in [1.29, 1.82) is 0 Å². The maximum absolute atomic E-state index is 12.3. The minimum Gasteiger partial charge on any atom is -0.438 e. The third-order valence-electron chi connectivity index (χ3n) is 4.15. The zero-order valence-electron chi connectivity index (χ0n) is 12.4. The number of rotatable bonds is 5. The molecule has 0 aromatic heterocycles. The Hall–Kier alpha value is -0.680. The number of thioether (sulfide) groups is 2. The lowest BCUT2D eigenvalue weighted by molar-refractivity contribution is -0.120. The number of carbonyl (C=O) groups is 2. The first-order chi connectivity index (χ1) is 11.0. The van der Waals surface area contributed by atoms with Gasteiger partial charge in [-0.2, -0.15) is 0 Å². The summed E-state index contributed by atoms with van der Waals surface area (Å²) in [5.41, 5.74) is 5.36. The summed E-state index contributed by atoms with van der Waals surface area (Å²) in [6.45, 7) is -0.368. The number of fused-ring (bicyclic) bond motifs is 1. The lowest BCUT2D eigenvalue weighted by Gasteiger charge is -2.36. The van der Waals surface area contributed by atoms with E-state index in [9.17, 15) is 19.8 Å². The standard InChI is InChI=1S/C13H20N2O6S2/c14-8(17)4-6(12-22-2-1-3-23-12)15-11-10(21-13(15)19)9(18)7(5-16)20-11/h6-7,9-12,16,18H,1-5H2,(H2,14,17)/t6-,7+,9+,10-,11+/m0/s1. The zero-order chi connectivity index (χ0) is 16.6. The molecular weight excluding hydrogens is 344 g/mol. The van der Waals surface area contributed by atoms with Crippen LogP contribution in [0.15, 0.2) is 0 Å². The van der Waals surface area contributed by atoms with E-state index in [2.05, 4.69) is 0 Å². The number of nitrogens with two attached hydrogens (primary N) is 1. The molecule has 0 unspecified atom stereocenters. The Kier molecular flexibility index (Phi) is 5.26. The molecule has 0 aromatic rings. The molecule has 3 aliphatic rings. The van der Waals surface area contributed by atoms with Gasteiger partial charge in [0.2, 0.25) is 5.91 Å². The third-order valence-corrected chi connectivity index (χ3v) is 7.30. The molecule has 3 heterocycles. The van der Waals surface area contributed by atoms with Crippen molar-refractivity contribution >= 4 is 35.5 Å². The van der Waals surface area contributed by atoms with Gasteiger partial charge >= 0.3 is 6.09 Å². The van der Waals surface area contributed by atoms with Crippen molar-refractivity contribution in [3.63, 3.8) is 0 Å². The summed E-state index contributed by atoms with van der Waals surface area (Å²) in [6, 6.07) is -0.463. The quantitative estimate of drug-likeness (QED) is 0.587. The van der Waals surface area contributed by atoms with Gasteiger partial charge in [0.1, 0.15) is 12.2 Å². The second-order valence-corrected chi connectivity index (χ2v) is 8.49. The molecule has 0 saturated carbocycles. The van der Waals surface area contributed by atoms with E-state index in [1.165, 1.54) is 4.90 Å². The van der Waals surface area contributed by atoms with E-state index in [1.54, 1.807) is 23.5 Å². The van der Waals surface area contributed by atoms with Gasteiger partial charge < -0.3 is 25.4 Å². The minimum atomic E-state index is -1.08. The van der Waals surface area contributed by atoms with Crippen molar-refractivity contribution in [3.05, 3.63) is 0 Å². The molecule has 130 valence electrons. The second kappa shape index (κ2) is 7.06. The van der Waals surface area contributed by atoms with Crippen LogP contribution >= 0.6 is 23.5 Å². The maximum Gasteiger partial charge on any atom is 0.412 e. The Morgan fingerprint density at radius 2 is 2.13 bits per heavy atom.